The molecule has 0 spiro atoms. The minimum absolute atomic E-state index is 0.186. The number of hydrogen-bond acceptors (Lipinski definition) is 6. The van der Waals surface area contributed by atoms with Gasteiger partial charge in [-0.15, -0.1) is 0 Å². The second-order valence-corrected chi connectivity index (χ2v) is 11.6. The van der Waals surface area contributed by atoms with Crippen molar-refractivity contribution in [2.24, 2.45) is 4.99 Å². The fourth-order valence-corrected chi connectivity index (χ4v) is 5.88. The summed E-state index contributed by atoms with van der Waals surface area (Å²) in [5, 5.41) is 20.7. The molecule has 0 bridgehead atoms. The quantitative estimate of drug-likeness (QED) is 0.486. The van der Waals surface area contributed by atoms with Crippen LogP contribution in [0, 0.1) is 0 Å². The first-order valence-electron chi connectivity index (χ1n) is 12.1. The molecule has 0 aliphatic carbocycles. The number of carbonyl (C=O) groups is 1. The summed E-state index contributed by atoms with van der Waals surface area (Å²) in [6, 6.07) is 12.4. The maximum atomic E-state index is 12.6. The Morgan fingerprint density at radius 1 is 1.19 bits per heavy atom. The van der Waals surface area contributed by atoms with Crippen LogP contribution in [0.5, 0.6) is 0 Å². The number of nitrogens with zero attached hydrogens (tertiary/aromatic N) is 4. The van der Waals surface area contributed by atoms with Gasteiger partial charge in [0.05, 0.1) is 28.8 Å². The number of aromatic nitrogens is 2. The molecule has 7 nitrogen and oxygen atoms in total. The van der Waals surface area contributed by atoms with Crippen LogP contribution < -0.4 is 5.32 Å². The van der Waals surface area contributed by atoms with Gasteiger partial charge in [0.15, 0.2) is 5.17 Å². The average molecular weight is 524 g/mol. The summed E-state index contributed by atoms with van der Waals surface area (Å²) >= 11 is 7.96. The summed E-state index contributed by atoms with van der Waals surface area (Å²) in [4.78, 5) is 19.8. The molecule has 1 saturated heterocycles. The van der Waals surface area contributed by atoms with Crippen molar-refractivity contribution < 1.29 is 9.90 Å². The van der Waals surface area contributed by atoms with Crippen molar-refractivity contribution in [3.05, 3.63) is 69.2 Å². The number of rotatable bonds is 4. The molecule has 0 radical (unpaired) electrons. The summed E-state index contributed by atoms with van der Waals surface area (Å²) in [5.74, 6) is -0.186. The van der Waals surface area contributed by atoms with Crippen LogP contribution in [0.2, 0.25) is 5.02 Å². The fourth-order valence-electron chi connectivity index (χ4n) is 4.71. The SMILES string of the molecule is C[C@@H]1CN(C2=NC(=O)C(=Cc3ccc4c(cnn4Cc4ccc(C(C)(C)O)cc4Cl)c3)S2)C[C@H](C)N1. The summed E-state index contributed by atoms with van der Waals surface area (Å²) in [5.41, 5.74) is 2.66. The molecular weight excluding hydrogens is 494 g/mol. The van der Waals surface area contributed by atoms with Crippen molar-refractivity contribution in [2.45, 2.75) is 51.9 Å². The molecule has 3 aromatic rings. The van der Waals surface area contributed by atoms with Gasteiger partial charge in [0, 0.05) is 35.6 Å². The van der Waals surface area contributed by atoms with Gasteiger partial charge in [0.25, 0.3) is 5.91 Å². The zero-order valence-electron chi connectivity index (χ0n) is 20.8. The van der Waals surface area contributed by atoms with Crippen LogP contribution in [0.25, 0.3) is 17.0 Å². The number of aliphatic hydroxyl groups is 1. The lowest BCUT2D eigenvalue weighted by atomic mass is 9.97. The Bertz CT molecular complexity index is 1380. The van der Waals surface area contributed by atoms with Crippen LogP contribution in [-0.2, 0) is 16.9 Å². The van der Waals surface area contributed by atoms with Crippen molar-refractivity contribution in [3.8, 4) is 0 Å². The van der Waals surface area contributed by atoms with Gasteiger partial charge in [-0.05, 0) is 80.4 Å². The van der Waals surface area contributed by atoms with Gasteiger partial charge in [-0.25, -0.2) is 0 Å². The summed E-state index contributed by atoms with van der Waals surface area (Å²) in [6.07, 6.45) is 3.73. The number of amides is 1. The van der Waals surface area contributed by atoms with E-state index in [2.05, 4.69) is 34.2 Å². The number of hydrogen-bond donors (Lipinski definition) is 2. The van der Waals surface area contributed by atoms with E-state index in [0.717, 1.165) is 45.9 Å². The third-order valence-corrected chi connectivity index (χ3v) is 7.88. The van der Waals surface area contributed by atoms with E-state index in [1.54, 1.807) is 19.9 Å². The minimum Gasteiger partial charge on any atom is -0.386 e. The van der Waals surface area contributed by atoms with E-state index in [4.69, 9.17) is 11.6 Å². The van der Waals surface area contributed by atoms with E-state index in [0.29, 0.717) is 28.6 Å². The van der Waals surface area contributed by atoms with E-state index in [1.807, 2.05) is 47.3 Å². The topological polar surface area (TPSA) is 82.8 Å². The van der Waals surface area contributed by atoms with E-state index < -0.39 is 5.60 Å². The molecule has 2 N–H and O–H groups in total. The Labute approximate surface area is 220 Å². The van der Waals surface area contributed by atoms with Crippen LogP contribution in [-0.4, -0.2) is 56.0 Å². The maximum Gasteiger partial charge on any atom is 0.286 e. The second-order valence-electron chi connectivity index (χ2n) is 10.2. The van der Waals surface area contributed by atoms with Gasteiger partial charge in [0.2, 0.25) is 0 Å². The van der Waals surface area contributed by atoms with Gasteiger partial charge >= 0.3 is 0 Å². The highest BCUT2D eigenvalue weighted by Gasteiger charge is 2.30. The molecule has 2 aromatic carbocycles. The lowest BCUT2D eigenvalue weighted by molar-refractivity contribution is -0.113. The highest BCUT2D eigenvalue weighted by molar-refractivity contribution is 8.18. The Hall–Kier alpha value is -2.65. The van der Waals surface area contributed by atoms with Crippen molar-refractivity contribution in [1.29, 1.82) is 0 Å². The molecule has 5 rings (SSSR count). The van der Waals surface area contributed by atoms with E-state index >= 15 is 0 Å². The van der Waals surface area contributed by atoms with Gasteiger partial charge in [-0.1, -0.05) is 29.8 Å². The monoisotopic (exact) mass is 523 g/mol. The molecule has 3 heterocycles. The first-order valence-corrected chi connectivity index (χ1v) is 13.3. The Morgan fingerprint density at radius 2 is 1.94 bits per heavy atom. The molecule has 1 aromatic heterocycles. The van der Waals surface area contributed by atoms with Crippen LogP contribution in [0.4, 0.5) is 0 Å². The van der Waals surface area contributed by atoms with Crippen LogP contribution in [0.15, 0.2) is 52.5 Å². The number of piperazine rings is 1. The Morgan fingerprint density at radius 3 is 2.64 bits per heavy atom. The Kier molecular flexibility index (Phi) is 6.72. The molecule has 36 heavy (non-hydrogen) atoms. The number of amidine groups is 1. The number of aliphatic imine (C=N–C) groups is 1. The normalized spacial score (nSPS) is 22.1. The summed E-state index contributed by atoms with van der Waals surface area (Å²) in [7, 11) is 0. The van der Waals surface area contributed by atoms with Crippen molar-refractivity contribution >= 4 is 51.4 Å². The van der Waals surface area contributed by atoms with Gasteiger partial charge < -0.3 is 15.3 Å². The predicted octanol–water partition coefficient (Wildman–Crippen LogP) is 4.62. The zero-order valence-corrected chi connectivity index (χ0v) is 22.4. The summed E-state index contributed by atoms with van der Waals surface area (Å²) < 4.78 is 1.90. The number of fused-ring (bicyclic) bond motifs is 1. The number of halogens is 1. The maximum absolute atomic E-state index is 12.6. The Balaban J connectivity index is 1.33. The molecule has 2 atom stereocenters. The van der Waals surface area contributed by atoms with Crippen molar-refractivity contribution in [1.82, 2.24) is 20.0 Å². The molecule has 2 aliphatic heterocycles. The lowest BCUT2D eigenvalue weighted by Crippen LogP contribution is -2.55. The van der Waals surface area contributed by atoms with Gasteiger partial charge in [0.1, 0.15) is 0 Å². The van der Waals surface area contributed by atoms with E-state index in [-0.39, 0.29) is 5.91 Å². The predicted molar refractivity (Wildman–Crippen MR) is 147 cm³/mol. The molecule has 0 saturated carbocycles. The van der Waals surface area contributed by atoms with E-state index in [1.165, 1.54) is 11.8 Å². The van der Waals surface area contributed by atoms with E-state index in [9.17, 15) is 9.90 Å². The van der Waals surface area contributed by atoms with Crippen LogP contribution in [0.1, 0.15) is 44.4 Å². The second kappa shape index (κ2) is 9.67. The molecule has 1 amide bonds. The van der Waals surface area contributed by atoms with Gasteiger partial charge in [-0.2, -0.15) is 10.1 Å². The number of thioether (sulfide) groups is 1. The minimum atomic E-state index is -0.946. The zero-order chi connectivity index (χ0) is 25.6. The standard InChI is InChI=1S/C27H30ClN5O2S/c1-16-13-32(14-17(2)30-16)26-31-25(34)24(36-26)10-18-5-8-23-20(9-18)12-29-33(23)15-19-6-7-21(11-22(19)28)27(3,4)35/h5-12,16-17,30,35H,13-15H2,1-4H3/t16-,17+. The lowest BCUT2D eigenvalue weighted by Gasteiger charge is -2.36. The highest BCUT2D eigenvalue weighted by atomic mass is 35.5. The molecule has 2 aliphatic rings. The average Bonchev–Trinajstić information content (AvgIpc) is 3.37. The molecule has 9 heteroatoms. The molecule has 188 valence electrons. The third-order valence-electron chi connectivity index (χ3n) is 6.48. The van der Waals surface area contributed by atoms with Crippen LogP contribution >= 0.6 is 23.4 Å². The number of carbonyl (C=O) groups excluding carboxylic acids is 1. The van der Waals surface area contributed by atoms with Crippen molar-refractivity contribution in [3.63, 3.8) is 0 Å². The first-order chi connectivity index (χ1) is 17.1. The fraction of sp³-hybridized carbons (Fsp3) is 0.370. The number of nitrogens with one attached hydrogen (secondary N) is 1. The van der Waals surface area contributed by atoms with Crippen molar-refractivity contribution in [2.75, 3.05) is 13.1 Å². The summed E-state index contributed by atoms with van der Waals surface area (Å²) in [6.45, 7) is 9.97. The molecular formula is C27H30ClN5O2S. The highest BCUT2D eigenvalue weighted by Crippen LogP contribution is 2.32. The number of benzene rings is 2. The molecule has 1 fully saturated rings. The molecule has 0 unspecified atom stereocenters. The smallest absolute Gasteiger partial charge is 0.286 e. The third kappa shape index (κ3) is 5.22. The first kappa shape index (κ1) is 25.0. The van der Waals surface area contributed by atoms with Gasteiger partial charge in [-0.3, -0.25) is 9.48 Å². The largest absolute Gasteiger partial charge is 0.386 e. The van der Waals surface area contributed by atoms with Crippen LogP contribution in [0.3, 0.4) is 0 Å².